The van der Waals surface area contributed by atoms with E-state index < -0.39 is 0 Å². The van der Waals surface area contributed by atoms with Gasteiger partial charge in [-0.3, -0.25) is 0 Å². The second-order valence-electron chi connectivity index (χ2n) is 8.33. The third-order valence-electron chi connectivity index (χ3n) is 6.88. The normalized spacial score (nSPS) is 18.5. The maximum absolute atomic E-state index is 3.63. The topological polar surface area (TPSA) is 15.8 Å². The zero-order valence-corrected chi connectivity index (χ0v) is 16.9. The molecule has 0 amide bonds. The number of nitrogens with one attached hydrogen (secondary N) is 1. The average Bonchev–Trinajstić information content (AvgIpc) is 3.54. The van der Waals surface area contributed by atoms with Gasteiger partial charge in [-0.15, -0.1) is 5.73 Å². The van der Waals surface area contributed by atoms with E-state index in [2.05, 4.69) is 114 Å². The van der Waals surface area contributed by atoms with E-state index in [-0.39, 0.29) is 5.41 Å². The molecule has 0 spiro atoms. The summed E-state index contributed by atoms with van der Waals surface area (Å²) in [5.41, 5.74) is 13.4. The van der Waals surface area contributed by atoms with Crippen molar-refractivity contribution in [3.8, 4) is 11.1 Å². The summed E-state index contributed by atoms with van der Waals surface area (Å²) < 4.78 is 0. The van der Waals surface area contributed by atoms with Crippen LogP contribution >= 0.6 is 0 Å². The summed E-state index contributed by atoms with van der Waals surface area (Å²) in [6.45, 7) is 0. The first-order chi connectivity index (χ1) is 15.4. The van der Waals surface area contributed by atoms with Crippen molar-refractivity contribution in [1.82, 2.24) is 4.98 Å². The molecule has 0 radical (unpaired) electrons. The largest absolute Gasteiger partial charge is 0.354 e. The molecule has 7 rings (SSSR count). The van der Waals surface area contributed by atoms with Crippen LogP contribution in [0.1, 0.15) is 16.7 Å². The van der Waals surface area contributed by atoms with E-state index >= 15 is 0 Å². The highest BCUT2D eigenvalue weighted by molar-refractivity contribution is 6.17. The van der Waals surface area contributed by atoms with Crippen LogP contribution in [0.3, 0.4) is 0 Å². The highest BCUT2D eigenvalue weighted by atomic mass is 14.7. The molecule has 1 nitrogen and oxygen atoms in total. The summed E-state index contributed by atoms with van der Waals surface area (Å²) in [5.74, 6) is 0. The van der Waals surface area contributed by atoms with E-state index in [1.807, 2.05) is 6.08 Å². The van der Waals surface area contributed by atoms with E-state index in [4.69, 9.17) is 0 Å². The molecule has 1 unspecified atom stereocenters. The van der Waals surface area contributed by atoms with Gasteiger partial charge in [0.25, 0.3) is 0 Å². The zero-order chi connectivity index (χ0) is 20.4. The van der Waals surface area contributed by atoms with Crippen LogP contribution in [0.5, 0.6) is 0 Å². The van der Waals surface area contributed by atoms with Crippen molar-refractivity contribution in [3.63, 3.8) is 0 Å². The first kappa shape index (κ1) is 16.7. The molecule has 1 heteroatoms. The Kier molecular flexibility index (Phi) is 3.22. The molecule has 31 heavy (non-hydrogen) atoms. The minimum Gasteiger partial charge on any atom is -0.354 e. The number of fused-ring (bicyclic) bond motifs is 7. The third kappa shape index (κ3) is 2.01. The Morgan fingerprint density at radius 1 is 0.677 bits per heavy atom. The molecule has 0 saturated heterocycles. The number of allylic oxidation sites excluding steroid dienone is 3. The van der Waals surface area contributed by atoms with Gasteiger partial charge in [0, 0.05) is 27.4 Å². The van der Waals surface area contributed by atoms with E-state index in [0.717, 1.165) is 0 Å². The van der Waals surface area contributed by atoms with Crippen LogP contribution in [0.25, 0.3) is 32.9 Å². The number of aromatic nitrogens is 1. The standard InChI is InChI=1S/C30H19N/c1-2-10-20(11-3-1)30(21-12-4-5-13-21)24-16-8-6-14-22(24)28-25(30)18-19-27-29(28)23-15-7-9-17-26(23)31-27/h1-12,14-19,31H. The lowest BCUT2D eigenvalue weighted by atomic mass is 9.67. The molecular formula is C30H19N. The van der Waals surface area contributed by atoms with Crippen LogP contribution < -0.4 is 0 Å². The Balaban J connectivity index is 1.74. The van der Waals surface area contributed by atoms with Crippen LogP contribution in [-0.4, -0.2) is 4.98 Å². The number of H-pyrrole nitrogens is 1. The summed E-state index contributed by atoms with van der Waals surface area (Å²) in [6.07, 6.45) is 6.36. The summed E-state index contributed by atoms with van der Waals surface area (Å²) in [7, 11) is 0. The molecule has 1 atom stereocenters. The zero-order valence-electron chi connectivity index (χ0n) is 16.9. The van der Waals surface area contributed by atoms with E-state index in [1.54, 1.807) is 0 Å². The molecule has 0 aliphatic heterocycles. The van der Waals surface area contributed by atoms with Gasteiger partial charge in [-0.05, 0) is 52.1 Å². The number of hydrogen-bond acceptors (Lipinski definition) is 0. The fourth-order valence-corrected chi connectivity index (χ4v) is 5.72. The highest BCUT2D eigenvalue weighted by Crippen LogP contribution is 2.58. The Labute approximate surface area is 180 Å². The van der Waals surface area contributed by atoms with Crippen molar-refractivity contribution in [1.29, 1.82) is 0 Å². The van der Waals surface area contributed by atoms with Gasteiger partial charge in [0.2, 0.25) is 0 Å². The first-order valence-corrected chi connectivity index (χ1v) is 10.7. The van der Waals surface area contributed by atoms with Gasteiger partial charge < -0.3 is 4.98 Å². The Bertz CT molecular complexity index is 1610. The highest BCUT2D eigenvalue weighted by Gasteiger charge is 2.47. The Morgan fingerprint density at radius 2 is 1.48 bits per heavy atom. The molecular weight excluding hydrogens is 374 g/mol. The van der Waals surface area contributed by atoms with Crippen LogP contribution in [0.4, 0.5) is 0 Å². The van der Waals surface area contributed by atoms with Crippen molar-refractivity contribution in [2.45, 2.75) is 5.41 Å². The number of benzene rings is 4. The first-order valence-electron chi connectivity index (χ1n) is 10.7. The Hall–Kier alpha value is -4.06. The second-order valence-corrected chi connectivity index (χ2v) is 8.33. The van der Waals surface area contributed by atoms with Crippen molar-refractivity contribution >= 4 is 21.8 Å². The molecule has 0 saturated carbocycles. The lowest BCUT2D eigenvalue weighted by Gasteiger charge is -2.33. The van der Waals surface area contributed by atoms with Crippen LogP contribution in [0.15, 0.2) is 121 Å². The summed E-state index contributed by atoms with van der Waals surface area (Å²) in [6, 6.07) is 33.0. The molecule has 5 aromatic rings. The lowest BCUT2D eigenvalue weighted by Crippen LogP contribution is -2.28. The number of para-hydroxylation sites is 1. The van der Waals surface area contributed by atoms with Crippen molar-refractivity contribution in [2.24, 2.45) is 0 Å². The SMILES string of the molecule is C1=CC=CC=1C1(c2ccccc2)c2ccccc2-c2c1ccc1[nH]c3ccccc3c21. The predicted molar refractivity (Wildman–Crippen MR) is 128 cm³/mol. The number of hydrogen-bond donors (Lipinski definition) is 1. The second kappa shape index (κ2) is 5.98. The quantitative estimate of drug-likeness (QED) is 0.303. The molecule has 144 valence electrons. The van der Waals surface area contributed by atoms with Gasteiger partial charge >= 0.3 is 0 Å². The van der Waals surface area contributed by atoms with Gasteiger partial charge in [-0.2, -0.15) is 0 Å². The molecule has 2 aliphatic carbocycles. The fraction of sp³-hybridized carbons (Fsp3) is 0.0333. The summed E-state index contributed by atoms with van der Waals surface area (Å²) in [5, 5.41) is 2.59. The molecule has 0 fully saturated rings. The van der Waals surface area contributed by atoms with Gasteiger partial charge in [-0.25, -0.2) is 0 Å². The number of aromatic amines is 1. The third-order valence-corrected chi connectivity index (χ3v) is 6.88. The maximum Gasteiger partial charge on any atom is 0.0786 e. The average molecular weight is 393 g/mol. The van der Waals surface area contributed by atoms with E-state index in [0.29, 0.717) is 0 Å². The monoisotopic (exact) mass is 393 g/mol. The van der Waals surface area contributed by atoms with Crippen LogP contribution in [0.2, 0.25) is 0 Å². The van der Waals surface area contributed by atoms with Gasteiger partial charge in [0.15, 0.2) is 0 Å². The van der Waals surface area contributed by atoms with Crippen molar-refractivity contribution < 1.29 is 0 Å². The molecule has 1 N–H and O–H groups in total. The molecule has 1 aromatic heterocycles. The number of rotatable bonds is 2. The lowest BCUT2D eigenvalue weighted by molar-refractivity contribution is 0.771. The van der Waals surface area contributed by atoms with Crippen LogP contribution in [0, 0.1) is 0 Å². The summed E-state index contributed by atoms with van der Waals surface area (Å²) >= 11 is 0. The fourth-order valence-electron chi connectivity index (χ4n) is 5.72. The van der Waals surface area contributed by atoms with Crippen molar-refractivity contribution in [2.75, 3.05) is 0 Å². The minimum atomic E-state index is -0.372. The molecule has 2 aliphatic rings. The minimum absolute atomic E-state index is 0.372. The van der Waals surface area contributed by atoms with Gasteiger partial charge in [-0.1, -0.05) is 84.9 Å². The Morgan fingerprint density at radius 3 is 2.35 bits per heavy atom. The summed E-state index contributed by atoms with van der Waals surface area (Å²) in [4.78, 5) is 3.63. The van der Waals surface area contributed by atoms with E-state index in [9.17, 15) is 0 Å². The smallest absolute Gasteiger partial charge is 0.0786 e. The molecule has 1 heterocycles. The van der Waals surface area contributed by atoms with E-state index in [1.165, 1.54) is 55.2 Å². The molecule has 0 bridgehead atoms. The maximum atomic E-state index is 3.63. The van der Waals surface area contributed by atoms with Gasteiger partial charge in [0.1, 0.15) is 0 Å². The predicted octanol–water partition coefficient (Wildman–Crippen LogP) is 7.29. The van der Waals surface area contributed by atoms with Crippen LogP contribution in [-0.2, 0) is 5.41 Å². The van der Waals surface area contributed by atoms with Crippen molar-refractivity contribution in [3.05, 3.63) is 137 Å². The molecule has 4 aromatic carbocycles. The van der Waals surface area contributed by atoms with Gasteiger partial charge in [0.05, 0.1) is 5.41 Å².